The second-order valence-corrected chi connectivity index (χ2v) is 8.15. The monoisotopic (exact) mass is 527 g/mol. The summed E-state index contributed by atoms with van der Waals surface area (Å²) < 4.78 is 23.9. The number of aryl methyl sites for hydroxylation is 1. The van der Waals surface area contributed by atoms with E-state index >= 15 is 0 Å². The molecule has 0 spiro atoms. The largest absolute Gasteiger partial charge is 0.493 e. The molecule has 4 heterocycles. The number of benzene rings is 1. The van der Waals surface area contributed by atoms with Gasteiger partial charge in [0, 0.05) is 30.0 Å². The van der Waals surface area contributed by atoms with Crippen LogP contribution in [-0.4, -0.2) is 56.5 Å². The topological polar surface area (TPSA) is 135 Å². The first-order valence-corrected chi connectivity index (χ1v) is 12.0. The Bertz CT molecular complexity index is 1640. The maximum Gasteiger partial charge on any atom is 0.281 e. The molecule has 0 aliphatic carbocycles. The van der Waals surface area contributed by atoms with Gasteiger partial charge in [0.2, 0.25) is 0 Å². The maximum absolute atomic E-state index is 13.1. The lowest BCUT2D eigenvalue weighted by Gasteiger charge is -2.12. The third kappa shape index (κ3) is 5.25. The van der Waals surface area contributed by atoms with Crippen molar-refractivity contribution in [3.63, 3.8) is 0 Å². The third-order valence-corrected chi connectivity index (χ3v) is 5.68. The summed E-state index contributed by atoms with van der Waals surface area (Å²) in [7, 11) is 3.13. The Morgan fingerprint density at radius 2 is 1.72 bits per heavy atom. The number of hydrogen-bond donors (Lipinski definition) is 1. The Labute approximate surface area is 223 Å². The van der Waals surface area contributed by atoms with Crippen LogP contribution in [0, 0.1) is 6.92 Å². The summed E-state index contributed by atoms with van der Waals surface area (Å²) >= 11 is 0. The lowest BCUT2D eigenvalue weighted by Crippen LogP contribution is -2.15. The van der Waals surface area contributed by atoms with Crippen molar-refractivity contribution in [2.24, 2.45) is 0 Å². The molecule has 5 rings (SSSR count). The Balaban J connectivity index is 1.35. The average molecular weight is 528 g/mol. The zero-order valence-corrected chi connectivity index (χ0v) is 21.7. The highest BCUT2D eigenvalue weighted by atomic mass is 16.5. The van der Waals surface area contributed by atoms with Crippen molar-refractivity contribution < 1.29 is 23.7 Å². The molecule has 12 nitrogen and oxygen atoms in total. The van der Waals surface area contributed by atoms with Crippen LogP contribution in [0.4, 0.5) is 5.82 Å². The first kappa shape index (κ1) is 25.4. The van der Waals surface area contributed by atoms with Gasteiger partial charge in [-0.2, -0.15) is 5.10 Å². The quantitative estimate of drug-likeness (QED) is 0.294. The van der Waals surface area contributed by atoms with Crippen molar-refractivity contribution in [2.75, 3.05) is 26.1 Å². The van der Waals surface area contributed by atoms with Crippen molar-refractivity contribution in [1.82, 2.24) is 29.7 Å². The molecule has 39 heavy (non-hydrogen) atoms. The maximum atomic E-state index is 13.1. The number of methoxy groups -OCH3 is 2. The smallest absolute Gasteiger partial charge is 0.281 e. The molecule has 0 unspecified atom stereocenters. The van der Waals surface area contributed by atoms with E-state index in [1.165, 1.54) is 10.9 Å². The number of amides is 1. The summed E-state index contributed by atoms with van der Waals surface area (Å²) in [5.41, 5.74) is 1.44. The van der Waals surface area contributed by atoms with Crippen molar-refractivity contribution in [3.05, 3.63) is 72.7 Å². The molecule has 198 valence electrons. The van der Waals surface area contributed by atoms with Crippen LogP contribution in [-0.2, 0) is 0 Å². The number of pyridine rings is 2. The van der Waals surface area contributed by atoms with Crippen LogP contribution < -0.4 is 24.3 Å². The van der Waals surface area contributed by atoms with Gasteiger partial charge in [-0.3, -0.25) is 14.8 Å². The standard InChI is InChI=1S/C27H25N7O5/c1-5-38-23-15-34(26-16(2)28-10-11-30-26)33-25(23)27(35)32-24-7-6-17(14-31-24)39-20-8-9-29-19-13-22(37-4)21(36-3)12-18(19)20/h6-15H,5H2,1-4H3,(H,31,32,35). The molecule has 5 aromatic rings. The number of anilines is 1. The lowest BCUT2D eigenvalue weighted by molar-refractivity contribution is 0.101. The number of hydrogen-bond acceptors (Lipinski definition) is 10. The van der Waals surface area contributed by atoms with Crippen LogP contribution in [0.15, 0.2) is 61.3 Å². The predicted molar refractivity (Wildman–Crippen MR) is 142 cm³/mol. The lowest BCUT2D eigenvalue weighted by atomic mass is 10.2. The molecule has 1 N–H and O–H groups in total. The van der Waals surface area contributed by atoms with Crippen LogP contribution in [0.1, 0.15) is 23.1 Å². The highest BCUT2D eigenvalue weighted by Crippen LogP contribution is 2.36. The molecule has 0 aliphatic heterocycles. The minimum Gasteiger partial charge on any atom is -0.493 e. The zero-order valence-electron chi connectivity index (χ0n) is 21.7. The Kier molecular flexibility index (Phi) is 7.17. The van der Waals surface area contributed by atoms with Gasteiger partial charge in [-0.25, -0.2) is 14.6 Å². The number of carbonyl (C=O) groups excluding carboxylic acids is 1. The summed E-state index contributed by atoms with van der Waals surface area (Å²) in [6.07, 6.45) is 7.89. The first-order valence-electron chi connectivity index (χ1n) is 12.0. The van der Waals surface area contributed by atoms with E-state index in [-0.39, 0.29) is 5.69 Å². The van der Waals surface area contributed by atoms with E-state index in [0.717, 1.165) is 5.39 Å². The summed E-state index contributed by atoms with van der Waals surface area (Å²) in [6.45, 7) is 3.99. The SMILES string of the molecule is CCOc1cn(-c2nccnc2C)nc1C(=O)Nc1ccc(Oc2ccnc3cc(OC)c(OC)cc23)cn1. The van der Waals surface area contributed by atoms with Crippen molar-refractivity contribution in [3.8, 4) is 34.6 Å². The van der Waals surface area contributed by atoms with E-state index in [1.54, 1.807) is 76.3 Å². The van der Waals surface area contributed by atoms with Gasteiger partial charge < -0.3 is 24.3 Å². The predicted octanol–water partition coefficient (Wildman–Crippen LogP) is 4.37. The molecule has 4 aromatic heterocycles. The van der Waals surface area contributed by atoms with Crippen molar-refractivity contribution in [1.29, 1.82) is 0 Å². The van der Waals surface area contributed by atoms with Gasteiger partial charge in [0.1, 0.15) is 17.3 Å². The van der Waals surface area contributed by atoms with Crippen LogP contribution in [0.5, 0.6) is 28.7 Å². The summed E-state index contributed by atoms with van der Waals surface area (Å²) in [4.78, 5) is 30.3. The molecule has 0 atom stereocenters. The van der Waals surface area contributed by atoms with Crippen LogP contribution >= 0.6 is 0 Å². The van der Waals surface area contributed by atoms with Gasteiger partial charge in [-0.15, -0.1) is 0 Å². The average Bonchev–Trinajstić information content (AvgIpc) is 3.37. The van der Waals surface area contributed by atoms with E-state index < -0.39 is 5.91 Å². The number of nitrogens with one attached hydrogen (secondary N) is 1. The number of rotatable bonds is 9. The van der Waals surface area contributed by atoms with E-state index in [4.69, 9.17) is 18.9 Å². The molecule has 0 aliphatic rings. The van der Waals surface area contributed by atoms with Gasteiger partial charge in [0.25, 0.3) is 5.91 Å². The van der Waals surface area contributed by atoms with Gasteiger partial charge in [-0.05, 0) is 38.1 Å². The molecule has 1 amide bonds. The number of aromatic nitrogens is 6. The van der Waals surface area contributed by atoms with E-state index in [2.05, 4.69) is 30.4 Å². The molecule has 12 heteroatoms. The molecule has 0 saturated carbocycles. The Hall–Kier alpha value is -5.26. The zero-order chi connectivity index (χ0) is 27.4. The fourth-order valence-corrected chi connectivity index (χ4v) is 3.86. The fourth-order valence-electron chi connectivity index (χ4n) is 3.86. The highest BCUT2D eigenvalue weighted by molar-refractivity contribution is 6.04. The molecular weight excluding hydrogens is 502 g/mol. The summed E-state index contributed by atoms with van der Waals surface area (Å²) in [6, 6.07) is 8.65. The van der Waals surface area contributed by atoms with Crippen LogP contribution in [0.2, 0.25) is 0 Å². The Morgan fingerprint density at radius 1 is 0.923 bits per heavy atom. The second-order valence-electron chi connectivity index (χ2n) is 8.15. The second kappa shape index (κ2) is 11.0. The van der Waals surface area contributed by atoms with Gasteiger partial charge >= 0.3 is 0 Å². The van der Waals surface area contributed by atoms with E-state index in [9.17, 15) is 4.79 Å². The van der Waals surface area contributed by atoms with Crippen LogP contribution in [0.3, 0.4) is 0 Å². The Morgan fingerprint density at radius 3 is 2.44 bits per heavy atom. The fraction of sp³-hybridized carbons (Fsp3) is 0.185. The minimum atomic E-state index is -0.485. The van der Waals surface area contributed by atoms with Crippen molar-refractivity contribution >= 4 is 22.6 Å². The van der Waals surface area contributed by atoms with Crippen LogP contribution in [0.25, 0.3) is 16.7 Å². The molecule has 0 radical (unpaired) electrons. The number of ether oxygens (including phenoxy) is 4. The normalized spacial score (nSPS) is 10.8. The summed E-state index contributed by atoms with van der Waals surface area (Å²) in [5, 5.41) is 7.87. The highest BCUT2D eigenvalue weighted by Gasteiger charge is 2.21. The molecule has 0 saturated heterocycles. The molecule has 1 aromatic carbocycles. The molecule has 0 bridgehead atoms. The van der Waals surface area contributed by atoms with Gasteiger partial charge in [-0.1, -0.05) is 0 Å². The van der Waals surface area contributed by atoms with Gasteiger partial charge in [0.15, 0.2) is 28.8 Å². The molecule has 0 fully saturated rings. The number of nitrogens with zero attached hydrogens (tertiary/aromatic N) is 6. The first-order chi connectivity index (χ1) is 19.0. The number of carbonyl (C=O) groups is 1. The minimum absolute atomic E-state index is 0.0941. The van der Waals surface area contributed by atoms with E-state index in [1.807, 2.05) is 6.92 Å². The molecular formula is C27H25N7O5. The van der Waals surface area contributed by atoms with E-state index in [0.29, 0.717) is 58.2 Å². The number of fused-ring (bicyclic) bond motifs is 1. The third-order valence-electron chi connectivity index (χ3n) is 5.68. The summed E-state index contributed by atoms with van der Waals surface area (Å²) in [5.74, 6) is 2.79. The van der Waals surface area contributed by atoms with Gasteiger partial charge in [0.05, 0.1) is 44.4 Å². The van der Waals surface area contributed by atoms with Crippen molar-refractivity contribution in [2.45, 2.75) is 13.8 Å².